The van der Waals surface area contributed by atoms with Gasteiger partial charge in [0, 0.05) is 24.2 Å². The van der Waals surface area contributed by atoms with Crippen molar-refractivity contribution in [3.8, 4) is 11.3 Å². The minimum absolute atomic E-state index is 0.188. The highest BCUT2D eigenvalue weighted by atomic mass is 32.2. The molecule has 1 aromatic carbocycles. The lowest BCUT2D eigenvalue weighted by Gasteiger charge is -2.30. The largest absolute Gasteiger partial charge is 0.464 e. The summed E-state index contributed by atoms with van der Waals surface area (Å²) in [5.41, 5.74) is 2.26. The summed E-state index contributed by atoms with van der Waals surface area (Å²) in [6.45, 7) is 6.02. The Morgan fingerprint density at radius 3 is 2.67 bits per heavy atom. The maximum Gasteiger partial charge on any atom is 0.290 e. The molecule has 1 aliphatic carbocycles. The van der Waals surface area contributed by atoms with Crippen molar-refractivity contribution in [2.24, 2.45) is 9.98 Å². The molecule has 1 aliphatic heterocycles. The number of benzene rings is 1. The maximum atomic E-state index is 13.8. The number of furan rings is 1. The molecule has 36 heavy (non-hydrogen) atoms. The van der Waals surface area contributed by atoms with Crippen molar-refractivity contribution < 1.29 is 18.4 Å². The fourth-order valence-electron chi connectivity index (χ4n) is 4.21. The van der Waals surface area contributed by atoms with Crippen LogP contribution in [0.15, 0.2) is 73.8 Å². The van der Waals surface area contributed by atoms with E-state index in [-0.39, 0.29) is 11.9 Å². The third kappa shape index (κ3) is 6.58. The van der Waals surface area contributed by atoms with E-state index in [1.165, 1.54) is 12.1 Å². The molecule has 10 heteroatoms. The molecule has 1 aromatic heterocycles. The highest BCUT2D eigenvalue weighted by molar-refractivity contribution is 8.18. The normalized spacial score (nSPS) is 22.1. The first-order chi connectivity index (χ1) is 17.4. The van der Waals surface area contributed by atoms with Crippen LogP contribution in [0.5, 0.6) is 0 Å². The Bertz CT molecular complexity index is 1210. The molecule has 2 amide bonds. The maximum absolute atomic E-state index is 13.8. The molecule has 4 rings (SSSR count). The lowest BCUT2D eigenvalue weighted by molar-refractivity contribution is -0.115. The summed E-state index contributed by atoms with van der Waals surface area (Å²) in [6.07, 6.45) is 8.63. The third-order valence-corrected chi connectivity index (χ3v) is 6.91. The van der Waals surface area contributed by atoms with Gasteiger partial charge in [0.05, 0.1) is 16.9 Å². The number of hydrogen-bond donors (Lipinski definition) is 3. The Labute approximate surface area is 213 Å². The first kappa shape index (κ1) is 25.6. The second-order valence-electron chi connectivity index (χ2n) is 8.51. The van der Waals surface area contributed by atoms with Gasteiger partial charge in [-0.15, -0.1) is 0 Å². The highest BCUT2D eigenvalue weighted by Gasteiger charge is 2.25. The van der Waals surface area contributed by atoms with Gasteiger partial charge in [0.1, 0.15) is 11.6 Å². The van der Waals surface area contributed by atoms with Gasteiger partial charge in [-0.2, -0.15) is 0 Å². The predicted molar refractivity (Wildman–Crippen MR) is 140 cm³/mol. The van der Waals surface area contributed by atoms with Crippen LogP contribution in [0, 0.1) is 5.82 Å². The SMILES string of the molecule is C=N\C(=N/C(=C\C)/C=C1\SC(=O)NC1=O)N[C@H]1CC[C@H](NCc2ccc(F)cc2-c2ccco2)CC1. The van der Waals surface area contributed by atoms with E-state index in [0.29, 0.717) is 34.9 Å². The molecule has 1 saturated heterocycles. The molecule has 3 N–H and O–H groups in total. The van der Waals surface area contributed by atoms with E-state index in [2.05, 4.69) is 32.7 Å². The topological polar surface area (TPSA) is 108 Å². The fourth-order valence-corrected chi connectivity index (χ4v) is 4.88. The van der Waals surface area contributed by atoms with Crippen LogP contribution in [0.2, 0.25) is 0 Å². The second kappa shape index (κ2) is 12.0. The third-order valence-electron chi connectivity index (χ3n) is 6.10. The number of halogens is 1. The van der Waals surface area contributed by atoms with Crippen LogP contribution >= 0.6 is 11.8 Å². The smallest absolute Gasteiger partial charge is 0.290 e. The van der Waals surface area contributed by atoms with Gasteiger partial charge in [0.25, 0.3) is 11.1 Å². The van der Waals surface area contributed by atoms with E-state index in [0.717, 1.165) is 48.6 Å². The van der Waals surface area contributed by atoms with Gasteiger partial charge in [-0.05, 0) is 87.0 Å². The summed E-state index contributed by atoms with van der Waals surface area (Å²) in [5.74, 6) is 0.308. The average molecular weight is 510 g/mol. The first-order valence-corrected chi connectivity index (χ1v) is 12.6. The Balaban J connectivity index is 1.31. The molecule has 2 aromatic rings. The summed E-state index contributed by atoms with van der Waals surface area (Å²) in [6, 6.07) is 8.92. The lowest BCUT2D eigenvalue weighted by Crippen LogP contribution is -2.41. The molecule has 2 fully saturated rings. The van der Waals surface area contributed by atoms with E-state index in [1.54, 1.807) is 37.5 Å². The van der Waals surface area contributed by atoms with Crippen molar-refractivity contribution in [1.29, 1.82) is 0 Å². The number of nitrogens with zero attached hydrogens (tertiary/aromatic N) is 2. The Hall–Kier alpha value is -3.50. The Kier molecular flexibility index (Phi) is 8.50. The number of thioether (sulfide) groups is 1. The van der Waals surface area contributed by atoms with E-state index in [9.17, 15) is 14.0 Å². The molecule has 1 saturated carbocycles. The lowest BCUT2D eigenvalue weighted by atomic mass is 9.91. The van der Waals surface area contributed by atoms with E-state index in [1.807, 2.05) is 6.07 Å². The van der Waals surface area contributed by atoms with Crippen LogP contribution in [-0.4, -0.2) is 35.9 Å². The van der Waals surface area contributed by atoms with Crippen molar-refractivity contribution in [2.75, 3.05) is 0 Å². The fraction of sp³-hybridized carbons (Fsp3) is 0.308. The van der Waals surface area contributed by atoms with Crippen LogP contribution in [0.1, 0.15) is 38.2 Å². The van der Waals surface area contributed by atoms with Gasteiger partial charge in [-0.3, -0.25) is 14.9 Å². The number of aliphatic imine (C=N–C) groups is 2. The molecule has 0 unspecified atom stereocenters. The molecule has 2 heterocycles. The number of carbonyl (C=O) groups is 2. The van der Waals surface area contributed by atoms with Gasteiger partial charge in [0.2, 0.25) is 5.96 Å². The zero-order valence-corrected chi connectivity index (χ0v) is 20.7. The number of imide groups is 1. The number of guanidine groups is 1. The molecule has 0 bridgehead atoms. The van der Waals surface area contributed by atoms with Gasteiger partial charge in [-0.25, -0.2) is 14.4 Å². The number of carbonyl (C=O) groups excluding carboxylic acids is 2. The second-order valence-corrected chi connectivity index (χ2v) is 9.53. The van der Waals surface area contributed by atoms with Crippen LogP contribution in [-0.2, 0) is 11.3 Å². The zero-order valence-electron chi connectivity index (χ0n) is 19.9. The molecule has 0 spiro atoms. The van der Waals surface area contributed by atoms with Gasteiger partial charge >= 0.3 is 0 Å². The quantitative estimate of drug-likeness (QED) is 0.278. The minimum atomic E-state index is -0.427. The van der Waals surface area contributed by atoms with Crippen molar-refractivity contribution >= 4 is 35.6 Å². The van der Waals surface area contributed by atoms with Gasteiger partial charge in [0.15, 0.2) is 0 Å². The molecule has 0 atom stereocenters. The van der Waals surface area contributed by atoms with Gasteiger partial charge < -0.3 is 15.1 Å². The van der Waals surface area contributed by atoms with Crippen molar-refractivity contribution in [3.63, 3.8) is 0 Å². The Morgan fingerprint density at radius 2 is 2.03 bits per heavy atom. The monoisotopic (exact) mass is 509 g/mol. The molecular weight excluding hydrogens is 481 g/mol. The average Bonchev–Trinajstić information content (AvgIpc) is 3.52. The summed E-state index contributed by atoms with van der Waals surface area (Å²) >= 11 is 0.846. The van der Waals surface area contributed by atoms with E-state index >= 15 is 0 Å². The first-order valence-electron chi connectivity index (χ1n) is 11.7. The van der Waals surface area contributed by atoms with E-state index in [4.69, 9.17) is 4.42 Å². The highest BCUT2D eigenvalue weighted by Crippen LogP contribution is 2.27. The van der Waals surface area contributed by atoms with Gasteiger partial charge in [-0.1, -0.05) is 12.1 Å². The van der Waals surface area contributed by atoms with Crippen molar-refractivity contribution in [2.45, 2.75) is 51.2 Å². The summed E-state index contributed by atoms with van der Waals surface area (Å²) in [4.78, 5) is 31.9. The summed E-state index contributed by atoms with van der Waals surface area (Å²) < 4.78 is 19.3. The van der Waals surface area contributed by atoms with Crippen molar-refractivity contribution in [1.82, 2.24) is 16.0 Å². The number of hydrogen-bond acceptors (Lipinski definition) is 6. The predicted octanol–water partition coefficient (Wildman–Crippen LogP) is 4.90. The zero-order chi connectivity index (χ0) is 25.5. The molecule has 2 aliphatic rings. The van der Waals surface area contributed by atoms with E-state index < -0.39 is 11.1 Å². The van der Waals surface area contributed by atoms with Crippen LogP contribution in [0.4, 0.5) is 9.18 Å². The van der Waals surface area contributed by atoms with Crippen molar-refractivity contribution in [3.05, 3.63) is 70.7 Å². The molecule has 8 nitrogen and oxygen atoms in total. The Morgan fingerprint density at radius 1 is 1.25 bits per heavy atom. The number of rotatable bonds is 7. The number of allylic oxidation sites excluding steroid dienone is 2. The molecule has 188 valence electrons. The number of amides is 2. The molecular formula is C26H28FN5O3S. The van der Waals surface area contributed by atoms with Crippen LogP contribution in [0.3, 0.4) is 0 Å². The summed E-state index contributed by atoms with van der Waals surface area (Å²) in [7, 11) is 0. The molecule has 0 radical (unpaired) electrons. The standard InChI is InChI=1S/C26H28FN5O3S/c1-3-18(14-23-24(33)32-26(34)36-23)30-25(28-2)31-20-10-8-19(9-11-20)29-15-16-6-7-17(27)13-21(16)22-5-4-12-35-22/h3-7,12-14,19-20,29H,2,8-11,15H2,1H3,(H,30,31)(H,32,33,34)/b18-3-,23-14-/t19-,20-. The number of nitrogens with one attached hydrogen (secondary N) is 3. The minimum Gasteiger partial charge on any atom is -0.464 e. The van der Waals surface area contributed by atoms with Crippen LogP contribution < -0.4 is 16.0 Å². The van der Waals surface area contributed by atoms with Crippen LogP contribution in [0.25, 0.3) is 11.3 Å². The summed E-state index contributed by atoms with van der Waals surface area (Å²) in [5, 5.41) is 8.77.